The molecule has 0 bridgehead atoms. The van der Waals surface area contributed by atoms with E-state index in [1.165, 1.54) is 7.11 Å². The minimum absolute atomic E-state index is 0.189. The van der Waals surface area contributed by atoms with Crippen molar-refractivity contribution in [2.45, 2.75) is 26.2 Å². The fourth-order valence-electron chi connectivity index (χ4n) is 2.33. The van der Waals surface area contributed by atoms with Crippen LogP contribution in [-0.2, 0) is 14.3 Å². The first kappa shape index (κ1) is 19.2. The number of ether oxygens (including phenoxy) is 1. The van der Waals surface area contributed by atoms with Gasteiger partial charge in [-0.3, -0.25) is 14.4 Å². The van der Waals surface area contributed by atoms with Gasteiger partial charge in [0.05, 0.1) is 7.11 Å². The lowest BCUT2D eigenvalue weighted by atomic mass is 10.1. The molecule has 26 heavy (non-hydrogen) atoms. The molecule has 2 aromatic carbocycles. The first-order valence-electron chi connectivity index (χ1n) is 8.33. The van der Waals surface area contributed by atoms with E-state index in [1.807, 2.05) is 31.2 Å². The molecule has 6 nitrogen and oxygen atoms in total. The molecule has 0 fully saturated rings. The average Bonchev–Trinajstić information content (AvgIpc) is 2.64. The lowest BCUT2D eigenvalue weighted by Gasteiger charge is -2.09. The number of amides is 2. The van der Waals surface area contributed by atoms with Crippen LogP contribution in [0.2, 0.25) is 0 Å². The third-order valence-corrected chi connectivity index (χ3v) is 3.84. The Morgan fingerprint density at radius 3 is 2.27 bits per heavy atom. The Labute approximate surface area is 152 Å². The monoisotopic (exact) mass is 354 g/mol. The summed E-state index contributed by atoms with van der Waals surface area (Å²) in [6.07, 6.45) is 0.863. The van der Waals surface area contributed by atoms with E-state index in [-0.39, 0.29) is 30.6 Å². The summed E-state index contributed by atoms with van der Waals surface area (Å²) in [5, 5.41) is 5.60. The van der Waals surface area contributed by atoms with Gasteiger partial charge in [-0.2, -0.15) is 0 Å². The topological polar surface area (TPSA) is 84.5 Å². The molecule has 0 spiro atoms. The van der Waals surface area contributed by atoms with E-state index in [4.69, 9.17) is 0 Å². The summed E-state index contributed by atoms with van der Waals surface area (Å²) < 4.78 is 4.53. The highest BCUT2D eigenvalue weighted by molar-refractivity contribution is 6.05. The maximum absolute atomic E-state index is 12.3. The number of anilines is 2. The quantitative estimate of drug-likeness (QED) is 0.745. The number of carbonyl (C=O) groups excluding carboxylic acids is 3. The number of benzene rings is 2. The summed E-state index contributed by atoms with van der Waals surface area (Å²) in [7, 11) is 1.32. The van der Waals surface area contributed by atoms with Crippen molar-refractivity contribution >= 4 is 29.2 Å². The zero-order chi connectivity index (χ0) is 18.9. The lowest BCUT2D eigenvalue weighted by molar-refractivity contribution is -0.140. The number of para-hydroxylation sites is 1. The van der Waals surface area contributed by atoms with Gasteiger partial charge >= 0.3 is 5.97 Å². The van der Waals surface area contributed by atoms with Crippen LogP contribution in [-0.4, -0.2) is 24.9 Å². The van der Waals surface area contributed by atoms with Crippen LogP contribution in [0.4, 0.5) is 11.4 Å². The third-order valence-electron chi connectivity index (χ3n) is 3.84. The largest absolute Gasteiger partial charge is 0.469 e. The predicted octanol–water partition coefficient (Wildman–Crippen LogP) is 3.53. The number of nitrogens with one attached hydrogen (secondary N) is 2. The maximum atomic E-state index is 12.3. The Hall–Kier alpha value is -3.15. The number of hydrogen-bond acceptors (Lipinski definition) is 4. The molecule has 136 valence electrons. The minimum Gasteiger partial charge on any atom is -0.469 e. The van der Waals surface area contributed by atoms with Crippen molar-refractivity contribution in [3.05, 3.63) is 59.7 Å². The number of aryl methyl sites for hydroxylation is 1. The molecule has 0 saturated heterocycles. The van der Waals surface area contributed by atoms with Gasteiger partial charge in [-0.15, -0.1) is 0 Å². The highest BCUT2D eigenvalue weighted by Gasteiger charge is 2.09. The smallest absolute Gasteiger partial charge is 0.305 e. The second-order valence-corrected chi connectivity index (χ2v) is 5.82. The molecule has 2 amide bonds. The summed E-state index contributed by atoms with van der Waals surface area (Å²) in [5.41, 5.74) is 2.84. The summed E-state index contributed by atoms with van der Waals surface area (Å²) >= 11 is 0. The third kappa shape index (κ3) is 5.73. The second-order valence-electron chi connectivity index (χ2n) is 5.82. The highest BCUT2D eigenvalue weighted by Crippen LogP contribution is 2.16. The molecule has 0 atom stereocenters. The average molecular weight is 354 g/mol. The molecule has 0 aliphatic carbocycles. The molecule has 0 aliphatic heterocycles. The normalized spacial score (nSPS) is 10.1. The maximum Gasteiger partial charge on any atom is 0.305 e. The summed E-state index contributed by atoms with van der Waals surface area (Å²) in [4.78, 5) is 35.1. The Morgan fingerprint density at radius 1 is 0.923 bits per heavy atom. The van der Waals surface area contributed by atoms with Crippen LogP contribution in [0.15, 0.2) is 48.5 Å². The molecule has 2 rings (SSSR count). The van der Waals surface area contributed by atoms with Crippen LogP contribution in [0.25, 0.3) is 0 Å². The first-order valence-corrected chi connectivity index (χ1v) is 8.33. The molecule has 2 aromatic rings. The van der Waals surface area contributed by atoms with E-state index in [9.17, 15) is 14.4 Å². The summed E-state index contributed by atoms with van der Waals surface area (Å²) in [6.45, 7) is 1.93. The Bertz CT molecular complexity index is 785. The van der Waals surface area contributed by atoms with Gasteiger partial charge in [0.2, 0.25) is 5.91 Å². The van der Waals surface area contributed by atoms with E-state index >= 15 is 0 Å². The standard InChI is InChI=1S/C20H22N2O4/c1-14-6-3-4-7-17(14)22-20(25)15-10-12-16(13-11-15)21-18(23)8-5-9-19(24)26-2/h3-4,6-7,10-13H,5,8-9H2,1-2H3,(H,21,23)(H,22,25). The Kier molecular flexibility index (Phi) is 6.91. The van der Waals surface area contributed by atoms with Gasteiger partial charge < -0.3 is 15.4 Å². The summed E-state index contributed by atoms with van der Waals surface area (Å²) in [6, 6.07) is 14.2. The molecular weight excluding hydrogens is 332 g/mol. The van der Waals surface area contributed by atoms with Gasteiger partial charge in [-0.05, 0) is 49.2 Å². The van der Waals surface area contributed by atoms with Gasteiger partial charge in [-0.1, -0.05) is 18.2 Å². The Balaban J connectivity index is 1.87. The van der Waals surface area contributed by atoms with Gasteiger partial charge in [0.25, 0.3) is 5.91 Å². The van der Waals surface area contributed by atoms with E-state index in [1.54, 1.807) is 24.3 Å². The van der Waals surface area contributed by atoms with Gasteiger partial charge in [0.1, 0.15) is 0 Å². The summed E-state index contributed by atoms with van der Waals surface area (Å²) in [5.74, 6) is -0.733. The lowest BCUT2D eigenvalue weighted by Crippen LogP contribution is -2.14. The van der Waals surface area contributed by atoms with E-state index < -0.39 is 0 Å². The van der Waals surface area contributed by atoms with Crippen molar-refractivity contribution < 1.29 is 19.1 Å². The first-order chi connectivity index (χ1) is 12.5. The zero-order valence-electron chi connectivity index (χ0n) is 14.9. The number of hydrogen-bond donors (Lipinski definition) is 2. The SMILES string of the molecule is COC(=O)CCCC(=O)Nc1ccc(C(=O)Nc2ccccc2C)cc1. The fourth-order valence-corrected chi connectivity index (χ4v) is 2.33. The van der Waals surface area contributed by atoms with E-state index in [0.717, 1.165) is 11.3 Å². The highest BCUT2D eigenvalue weighted by atomic mass is 16.5. The number of esters is 1. The Morgan fingerprint density at radius 2 is 1.62 bits per heavy atom. The van der Waals surface area contributed by atoms with Gasteiger partial charge in [0.15, 0.2) is 0 Å². The minimum atomic E-state index is -0.332. The molecule has 0 radical (unpaired) electrons. The van der Waals surface area contributed by atoms with Crippen molar-refractivity contribution in [3.63, 3.8) is 0 Å². The predicted molar refractivity (Wildman–Crippen MR) is 100 cm³/mol. The van der Waals surface area contributed by atoms with Gasteiger partial charge in [-0.25, -0.2) is 0 Å². The van der Waals surface area contributed by atoms with Crippen molar-refractivity contribution in [2.75, 3.05) is 17.7 Å². The molecule has 0 unspecified atom stereocenters. The molecule has 6 heteroatoms. The van der Waals surface area contributed by atoms with Crippen LogP contribution in [0.5, 0.6) is 0 Å². The van der Waals surface area contributed by atoms with Crippen LogP contribution >= 0.6 is 0 Å². The molecule has 0 aromatic heterocycles. The molecule has 0 aliphatic rings. The molecular formula is C20H22N2O4. The number of methoxy groups -OCH3 is 1. The van der Waals surface area contributed by atoms with Gasteiger partial charge in [0, 0.05) is 29.8 Å². The molecule has 0 heterocycles. The van der Waals surface area contributed by atoms with Crippen molar-refractivity contribution in [1.29, 1.82) is 0 Å². The molecule has 2 N–H and O–H groups in total. The van der Waals surface area contributed by atoms with E-state index in [2.05, 4.69) is 15.4 Å². The van der Waals surface area contributed by atoms with Crippen LogP contribution in [0, 0.1) is 6.92 Å². The second kappa shape index (κ2) is 9.36. The van der Waals surface area contributed by atoms with Crippen molar-refractivity contribution in [2.24, 2.45) is 0 Å². The number of rotatable bonds is 7. The zero-order valence-corrected chi connectivity index (χ0v) is 14.9. The van der Waals surface area contributed by atoms with Crippen LogP contribution in [0.1, 0.15) is 35.2 Å². The van der Waals surface area contributed by atoms with Crippen LogP contribution < -0.4 is 10.6 Å². The van der Waals surface area contributed by atoms with Crippen LogP contribution in [0.3, 0.4) is 0 Å². The number of carbonyl (C=O) groups is 3. The fraction of sp³-hybridized carbons (Fsp3) is 0.250. The van der Waals surface area contributed by atoms with E-state index in [0.29, 0.717) is 17.7 Å². The molecule has 0 saturated carbocycles. The van der Waals surface area contributed by atoms with Crippen molar-refractivity contribution in [1.82, 2.24) is 0 Å². The van der Waals surface area contributed by atoms with Crippen molar-refractivity contribution in [3.8, 4) is 0 Å².